The molecule has 3 aromatic heterocycles. The first-order chi connectivity index (χ1) is 16.8. The molecule has 0 spiro atoms. The zero-order chi connectivity index (χ0) is 24.6. The van der Waals surface area contributed by atoms with Crippen LogP contribution in [0.1, 0.15) is 47.3 Å². The smallest absolute Gasteiger partial charge is 0.416 e. The summed E-state index contributed by atoms with van der Waals surface area (Å²) in [6.45, 7) is 4.04. The molecule has 5 aromatic rings. The lowest BCUT2D eigenvalue weighted by molar-refractivity contribution is -0.137. The number of aromatic amines is 3. The lowest BCUT2D eigenvalue weighted by atomic mass is 9.94. The number of imidazole rings is 2. The first-order valence-electron chi connectivity index (χ1n) is 10.9. The summed E-state index contributed by atoms with van der Waals surface area (Å²) >= 11 is 0. The molecule has 0 saturated heterocycles. The predicted octanol–water partition coefficient (Wildman–Crippen LogP) is 4.91. The number of hydrogen-bond acceptors (Lipinski definition) is 6. The van der Waals surface area contributed by atoms with Gasteiger partial charge >= 0.3 is 6.18 Å². The van der Waals surface area contributed by atoms with Gasteiger partial charge < -0.3 is 14.7 Å². The average molecular weight is 482 g/mol. The first kappa shape index (κ1) is 22.6. The van der Waals surface area contributed by atoms with Crippen LogP contribution < -0.4 is 4.74 Å². The van der Waals surface area contributed by atoms with E-state index in [-0.39, 0.29) is 23.9 Å². The van der Waals surface area contributed by atoms with Gasteiger partial charge in [-0.2, -0.15) is 18.4 Å². The van der Waals surface area contributed by atoms with E-state index in [0.29, 0.717) is 17.0 Å². The van der Waals surface area contributed by atoms with E-state index < -0.39 is 11.7 Å². The Hall–Kier alpha value is -4.22. The number of nitrogens with one attached hydrogen (secondary N) is 3. The molecule has 9 nitrogen and oxygen atoms in total. The van der Waals surface area contributed by atoms with Crippen molar-refractivity contribution in [1.29, 1.82) is 0 Å². The average Bonchev–Trinajstić information content (AvgIpc) is 3.57. The number of halogens is 3. The molecule has 5 rings (SSSR count). The van der Waals surface area contributed by atoms with Gasteiger partial charge in [-0.05, 0) is 47.9 Å². The van der Waals surface area contributed by atoms with Crippen LogP contribution in [0.15, 0.2) is 42.7 Å². The number of nitrogens with zero attached hydrogens (tertiary/aromatic N) is 5. The second-order valence-corrected chi connectivity index (χ2v) is 8.10. The number of fused-ring (bicyclic) bond motifs is 1. The maximum atomic E-state index is 13.2. The number of tetrazole rings is 1. The fourth-order valence-corrected chi connectivity index (χ4v) is 4.06. The van der Waals surface area contributed by atoms with Crippen LogP contribution in [0.2, 0.25) is 0 Å². The van der Waals surface area contributed by atoms with E-state index >= 15 is 0 Å². The molecule has 0 bridgehead atoms. The van der Waals surface area contributed by atoms with E-state index in [2.05, 4.69) is 47.5 Å². The molecular weight excluding hydrogens is 461 g/mol. The molecule has 0 aliphatic heterocycles. The zero-order valence-corrected chi connectivity index (χ0v) is 18.8. The summed E-state index contributed by atoms with van der Waals surface area (Å²) in [6.07, 6.45) is -2.07. The first-order valence-corrected chi connectivity index (χ1v) is 10.9. The standard InChI is InChI=1S/C23H21F3N8O/c1-3-16(19-29-21-22(30-19)28-11-27-21)13-5-7-18(12(2)8-13)35-10-14-4-6-15(23(24,25)26)9-17(14)20-31-33-34-32-20/h4-9,11,16H,3,10H2,1-2H3,(H,27,28)(H,29,30)(H,31,32,33,34). The summed E-state index contributed by atoms with van der Waals surface area (Å²) in [5, 5.41) is 13.4. The van der Waals surface area contributed by atoms with Crippen LogP contribution in [0.3, 0.4) is 0 Å². The summed E-state index contributed by atoms with van der Waals surface area (Å²) in [5.74, 6) is 1.56. The second-order valence-electron chi connectivity index (χ2n) is 8.10. The van der Waals surface area contributed by atoms with E-state index in [1.807, 2.05) is 25.1 Å². The molecule has 3 heterocycles. The third-order valence-corrected chi connectivity index (χ3v) is 5.85. The van der Waals surface area contributed by atoms with Crippen molar-refractivity contribution in [1.82, 2.24) is 40.6 Å². The van der Waals surface area contributed by atoms with Gasteiger partial charge in [0.25, 0.3) is 0 Å². The van der Waals surface area contributed by atoms with Crippen LogP contribution in [0.25, 0.3) is 22.7 Å². The molecule has 180 valence electrons. The van der Waals surface area contributed by atoms with Gasteiger partial charge in [-0.25, -0.2) is 9.97 Å². The van der Waals surface area contributed by atoms with E-state index in [1.165, 1.54) is 6.07 Å². The normalized spacial score (nSPS) is 12.8. The monoisotopic (exact) mass is 482 g/mol. The number of aryl methyl sites for hydroxylation is 1. The predicted molar refractivity (Wildman–Crippen MR) is 121 cm³/mol. The van der Waals surface area contributed by atoms with Crippen LogP contribution in [-0.4, -0.2) is 40.6 Å². The van der Waals surface area contributed by atoms with Crippen molar-refractivity contribution in [2.24, 2.45) is 0 Å². The second kappa shape index (κ2) is 8.85. The Labute approximate surface area is 197 Å². The molecule has 1 unspecified atom stereocenters. The molecular formula is C23H21F3N8O. The number of benzene rings is 2. The maximum Gasteiger partial charge on any atom is 0.416 e. The Kier molecular flexibility index (Phi) is 5.71. The number of aromatic nitrogens is 8. The van der Waals surface area contributed by atoms with Gasteiger partial charge in [0.2, 0.25) is 5.82 Å². The third kappa shape index (κ3) is 4.46. The Balaban J connectivity index is 1.38. The van der Waals surface area contributed by atoms with Gasteiger partial charge in [0.05, 0.1) is 11.9 Å². The third-order valence-electron chi connectivity index (χ3n) is 5.85. The minimum Gasteiger partial charge on any atom is -0.489 e. The van der Waals surface area contributed by atoms with Crippen molar-refractivity contribution in [3.63, 3.8) is 0 Å². The molecule has 0 fully saturated rings. The van der Waals surface area contributed by atoms with E-state index in [9.17, 15) is 13.2 Å². The van der Waals surface area contributed by atoms with Crippen LogP contribution in [-0.2, 0) is 12.8 Å². The quantitative estimate of drug-likeness (QED) is 0.303. The van der Waals surface area contributed by atoms with Gasteiger partial charge in [0, 0.05) is 17.0 Å². The number of hydrogen-bond donors (Lipinski definition) is 3. The highest BCUT2D eigenvalue weighted by Crippen LogP contribution is 2.34. The van der Waals surface area contributed by atoms with Crippen LogP contribution >= 0.6 is 0 Å². The van der Waals surface area contributed by atoms with Gasteiger partial charge in [0.15, 0.2) is 11.3 Å². The fraction of sp³-hybridized carbons (Fsp3) is 0.261. The Morgan fingerprint density at radius 2 is 1.97 bits per heavy atom. The van der Waals surface area contributed by atoms with Gasteiger partial charge in [-0.3, -0.25) is 0 Å². The number of H-pyrrole nitrogens is 3. The highest BCUT2D eigenvalue weighted by Gasteiger charge is 2.31. The summed E-state index contributed by atoms with van der Waals surface area (Å²) in [7, 11) is 0. The maximum absolute atomic E-state index is 13.2. The van der Waals surface area contributed by atoms with Crippen molar-refractivity contribution in [2.45, 2.75) is 39.0 Å². The van der Waals surface area contributed by atoms with Crippen LogP contribution in [0.5, 0.6) is 5.75 Å². The molecule has 3 N–H and O–H groups in total. The number of alkyl halides is 3. The summed E-state index contributed by atoms with van der Waals surface area (Å²) < 4.78 is 45.7. The van der Waals surface area contributed by atoms with Gasteiger partial charge in [-0.15, -0.1) is 10.2 Å². The van der Waals surface area contributed by atoms with Gasteiger partial charge in [0.1, 0.15) is 18.2 Å². The summed E-state index contributed by atoms with van der Waals surface area (Å²) in [4.78, 5) is 15.1. The molecule has 0 radical (unpaired) electrons. The molecule has 1 atom stereocenters. The molecule has 0 aliphatic carbocycles. The molecule has 0 saturated carbocycles. The van der Waals surface area contributed by atoms with Crippen LogP contribution in [0, 0.1) is 6.92 Å². The number of rotatable bonds is 7. The Morgan fingerprint density at radius 1 is 1.11 bits per heavy atom. The van der Waals surface area contributed by atoms with Crippen molar-refractivity contribution >= 4 is 11.3 Å². The Morgan fingerprint density at radius 3 is 2.66 bits per heavy atom. The summed E-state index contributed by atoms with van der Waals surface area (Å²) in [6, 6.07) is 9.25. The van der Waals surface area contributed by atoms with Crippen molar-refractivity contribution in [3.05, 3.63) is 70.8 Å². The fourth-order valence-electron chi connectivity index (χ4n) is 4.06. The largest absolute Gasteiger partial charge is 0.489 e. The van der Waals surface area contributed by atoms with Gasteiger partial charge in [-0.1, -0.05) is 25.1 Å². The highest BCUT2D eigenvalue weighted by atomic mass is 19.4. The van der Waals surface area contributed by atoms with Crippen molar-refractivity contribution < 1.29 is 17.9 Å². The minimum atomic E-state index is -4.49. The minimum absolute atomic E-state index is 0.0357. The summed E-state index contributed by atoms with van der Waals surface area (Å²) in [5.41, 5.74) is 3.30. The highest BCUT2D eigenvalue weighted by molar-refractivity contribution is 5.65. The Bertz CT molecular complexity index is 1430. The molecule has 12 heteroatoms. The van der Waals surface area contributed by atoms with E-state index in [1.54, 1.807) is 6.33 Å². The number of ether oxygens (including phenoxy) is 1. The molecule has 0 amide bonds. The van der Waals surface area contributed by atoms with Crippen molar-refractivity contribution in [2.75, 3.05) is 0 Å². The topological polar surface area (TPSA) is 121 Å². The van der Waals surface area contributed by atoms with E-state index in [4.69, 9.17) is 4.74 Å². The molecule has 2 aromatic carbocycles. The van der Waals surface area contributed by atoms with Crippen LogP contribution in [0.4, 0.5) is 13.2 Å². The lowest BCUT2D eigenvalue weighted by Gasteiger charge is -2.17. The lowest BCUT2D eigenvalue weighted by Crippen LogP contribution is -2.07. The molecule has 0 aliphatic rings. The zero-order valence-electron chi connectivity index (χ0n) is 18.8. The SMILES string of the molecule is CCC(c1ccc(OCc2ccc(C(F)(F)F)cc2-c2nn[nH]n2)c(C)c1)c1nc2nc[nH]c2[nH]1. The molecule has 35 heavy (non-hydrogen) atoms. The van der Waals surface area contributed by atoms with Crippen molar-refractivity contribution in [3.8, 4) is 17.1 Å². The van der Waals surface area contributed by atoms with E-state index in [0.717, 1.165) is 41.2 Å².